The van der Waals surface area contributed by atoms with Gasteiger partial charge in [0.15, 0.2) is 5.82 Å². The van der Waals surface area contributed by atoms with Gasteiger partial charge in [-0.2, -0.15) is 5.10 Å². The lowest BCUT2D eigenvalue weighted by Gasteiger charge is -2.24. The van der Waals surface area contributed by atoms with Crippen molar-refractivity contribution in [2.24, 2.45) is 0 Å². The fourth-order valence-corrected chi connectivity index (χ4v) is 3.20. The van der Waals surface area contributed by atoms with Crippen molar-refractivity contribution in [3.63, 3.8) is 0 Å². The molecule has 1 atom stereocenters. The number of halogens is 1. The van der Waals surface area contributed by atoms with Crippen molar-refractivity contribution in [3.8, 4) is 0 Å². The predicted octanol–water partition coefficient (Wildman–Crippen LogP) is 2.74. The zero-order chi connectivity index (χ0) is 14.6. The van der Waals surface area contributed by atoms with Gasteiger partial charge in [0, 0.05) is 22.2 Å². The van der Waals surface area contributed by atoms with Crippen molar-refractivity contribution in [2.75, 3.05) is 11.9 Å². The lowest BCUT2D eigenvalue weighted by Crippen LogP contribution is -2.19. The number of esters is 1. The molecule has 0 aliphatic carbocycles. The molecule has 0 saturated carbocycles. The van der Waals surface area contributed by atoms with Gasteiger partial charge in [-0.25, -0.2) is 4.79 Å². The summed E-state index contributed by atoms with van der Waals surface area (Å²) in [6.07, 6.45) is 0. The standard InChI is InChI=1S/C15H12ClN3O2/c1-7-11-12(8-3-2-4-9(16)5-8)13-10(6-21-15(13)20)17-14(11)19-18-7/h2-5,12H,6H2,1H3,(H2,17,18,19)/t12-/m1/s1. The van der Waals surface area contributed by atoms with E-state index in [-0.39, 0.29) is 18.5 Å². The molecule has 2 N–H and O–H groups in total. The number of cyclic esters (lactones) is 1. The van der Waals surface area contributed by atoms with Gasteiger partial charge in [-0.05, 0) is 24.6 Å². The van der Waals surface area contributed by atoms with Gasteiger partial charge in [0.05, 0.1) is 11.3 Å². The number of carbonyl (C=O) groups excluding carboxylic acids is 1. The number of rotatable bonds is 1. The fourth-order valence-electron chi connectivity index (χ4n) is 3.00. The first-order valence-electron chi connectivity index (χ1n) is 6.62. The molecule has 4 rings (SSSR count). The maximum absolute atomic E-state index is 12.1. The van der Waals surface area contributed by atoms with E-state index in [1.807, 2.05) is 31.2 Å². The quantitative estimate of drug-likeness (QED) is 0.795. The Labute approximate surface area is 126 Å². The molecule has 2 aliphatic rings. The van der Waals surface area contributed by atoms with Crippen LogP contribution in [-0.2, 0) is 9.53 Å². The molecular formula is C15H12ClN3O2. The van der Waals surface area contributed by atoms with Gasteiger partial charge in [0.2, 0.25) is 0 Å². The third-order valence-electron chi connectivity index (χ3n) is 3.92. The number of benzene rings is 1. The highest BCUT2D eigenvalue weighted by Gasteiger charge is 2.40. The molecule has 0 radical (unpaired) electrons. The number of nitrogens with zero attached hydrogens (tertiary/aromatic N) is 1. The Kier molecular flexibility index (Phi) is 2.59. The smallest absolute Gasteiger partial charge is 0.337 e. The predicted molar refractivity (Wildman–Crippen MR) is 78.2 cm³/mol. The van der Waals surface area contributed by atoms with Gasteiger partial charge < -0.3 is 10.1 Å². The summed E-state index contributed by atoms with van der Waals surface area (Å²) in [6.45, 7) is 2.20. The second-order valence-electron chi connectivity index (χ2n) is 5.19. The number of hydrogen-bond donors (Lipinski definition) is 2. The fraction of sp³-hybridized carbons (Fsp3) is 0.200. The summed E-state index contributed by atoms with van der Waals surface area (Å²) >= 11 is 6.11. The van der Waals surface area contributed by atoms with Crippen LogP contribution in [0.5, 0.6) is 0 Å². The monoisotopic (exact) mass is 301 g/mol. The maximum atomic E-state index is 12.1. The Morgan fingerprint density at radius 2 is 2.29 bits per heavy atom. The van der Waals surface area contributed by atoms with Crippen LogP contribution < -0.4 is 5.32 Å². The number of H-pyrrole nitrogens is 1. The average Bonchev–Trinajstić information content (AvgIpc) is 3.02. The van der Waals surface area contributed by atoms with Crippen molar-refractivity contribution in [1.82, 2.24) is 10.2 Å². The van der Waals surface area contributed by atoms with E-state index in [4.69, 9.17) is 16.3 Å². The van der Waals surface area contributed by atoms with Crippen LogP contribution in [0.15, 0.2) is 35.5 Å². The summed E-state index contributed by atoms with van der Waals surface area (Å²) in [5.41, 5.74) is 4.28. The zero-order valence-corrected chi connectivity index (χ0v) is 12.0. The van der Waals surface area contributed by atoms with Gasteiger partial charge in [-0.15, -0.1) is 0 Å². The van der Waals surface area contributed by atoms with Crippen LogP contribution >= 0.6 is 11.6 Å². The van der Waals surface area contributed by atoms with Crippen LogP contribution in [0, 0.1) is 6.92 Å². The summed E-state index contributed by atoms with van der Waals surface area (Å²) in [6, 6.07) is 7.55. The number of fused-ring (bicyclic) bond motifs is 1. The number of carbonyl (C=O) groups is 1. The van der Waals surface area contributed by atoms with Crippen LogP contribution in [-0.4, -0.2) is 22.8 Å². The molecule has 106 valence electrons. The van der Waals surface area contributed by atoms with Crippen LogP contribution in [0.1, 0.15) is 22.7 Å². The number of hydrogen-bond acceptors (Lipinski definition) is 4. The summed E-state index contributed by atoms with van der Waals surface area (Å²) in [5, 5.41) is 11.1. The van der Waals surface area contributed by atoms with E-state index < -0.39 is 0 Å². The molecular weight excluding hydrogens is 290 g/mol. The average molecular weight is 302 g/mol. The molecule has 2 aromatic rings. The van der Waals surface area contributed by atoms with Gasteiger partial charge in [-0.3, -0.25) is 5.10 Å². The van der Waals surface area contributed by atoms with Crippen LogP contribution in [0.4, 0.5) is 5.82 Å². The topological polar surface area (TPSA) is 67.0 Å². The van der Waals surface area contributed by atoms with E-state index in [1.54, 1.807) is 0 Å². The third-order valence-corrected chi connectivity index (χ3v) is 4.15. The highest BCUT2D eigenvalue weighted by atomic mass is 35.5. The highest BCUT2D eigenvalue weighted by Crippen LogP contribution is 2.44. The van der Waals surface area contributed by atoms with E-state index in [2.05, 4.69) is 15.5 Å². The lowest BCUT2D eigenvalue weighted by molar-refractivity contribution is -0.136. The second-order valence-corrected chi connectivity index (χ2v) is 5.63. The highest BCUT2D eigenvalue weighted by molar-refractivity contribution is 6.30. The Bertz CT molecular complexity index is 794. The maximum Gasteiger partial charge on any atom is 0.337 e. The molecule has 0 unspecified atom stereocenters. The Hall–Kier alpha value is -2.27. The molecule has 3 heterocycles. The number of aromatic amines is 1. The van der Waals surface area contributed by atoms with E-state index >= 15 is 0 Å². The number of ether oxygens (including phenoxy) is 1. The van der Waals surface area contributed by atoms with Crippen molar-refractivity contribution in [3.05, 3.63) is 57.4 Å². The Balaban J connectivity index is 1.96. The normalized spacial score (nSPS) is 19.9. The Morgan fingerprint density at radius 3 is 3.10 bits per heavy atom. The SMILES string of the molecule is Cc1[nH]nc2c1[C@@H](c1cccc(Cl)c1)C1=C(COC1=O)N2. The largest absolute Gasteiger partial charge is 0.456 e. The Morgan fingerprint density at radius 1 is 1.43 bits per heavy atom. The molecule has 0 saturated heterocycles. The summed E-state index contributed by atoms with van der Waals surface area (Å²) in [7, 11) is 0. The van der Waals surface area contributed by atoms with Gasteiger partial charge in [0.25, 0.3) is 0 Å². The summed E-state index contributed by atoms with van der Waals surface area (Å²) in [4.78, 5) is 12.1. The molecule has 0 amide bonds. The molecule has 1 aromatic heterocycles. The van der Waals surface area contributed by atoms with E-state index in [0.29, 0.717) is 10.6 Å². The summed E-state index contributed by atoms with van der Waals surface area (Å²) in [5.74, 6) is 0.256. The molecule has 0 spiro atoms. The molecule has 6 heteroatoms. The first-order valence-corrected chi connectivity index (χ1v) is 7.00. The number of aryl methyl sites for hydroxylation is 1. The number of nitrogens with one attached hydrogen (secondary N) is 2. The lowest BCUT2D eigenvalue weighted by atomic mass is 9.82. The van der Waals surface area contributed by atoms with E-state index in [0.717, 1.165) is 28.3 Å². The molecule has 0 bridgehead atoms. The molecule has 5 nitrogen and oxygen atoms in total. The molecule has 1 aromatic carbocycles. The first kappa shape index (κ1) is 12.5. The molecule has 2 aliphatic heterocycles. The van der Waals surface area contributed by atoms with Crippen LogP contribution in [0.25, 0.3) is 0 Å². The molecule has 0 fully saturated rings. The minimum absolute atomic E-state index is 0.205. The minimum atomic E-state index is -0.284. The number of anilines is 1. The minimum Gasteiger partial charge on any atom is -0.456 e. The van der Waals surface area contributed by atoms with Crippen molar-refractivity contribution < 1.29 is 9.53 Å². The van der Waals surface area contributed by atoms with Gasteiger partial charge >= 0.3 is 5.97 Å². The van der Waals surface area contributed by atoms with Crippen LogP contribution in [0.2, 0.25) is 5.02 Å². The van der Waals surface area contributed by atoms with Gasteiger partial charge in [0.1, 0.15) is 6.61 Å². The third kappa shape index (κ3) is 1.77. The second kappa shape index (κ2) is 4.36. The van der Waals surface area contributed by atoms with Crippen molar-refractivity contribution in [2.45, 2.75) is 12.8 Å². The van der Waals surface area contributed by atoms with E-state index in [9.17, 15) is 4.79 Å². The van der Waals surface area contributed by atoms with Crippen LogP contribution in [0.3, 0.4) is 0 Å². The first-order chi connectivity index (χ1) is 10.1. The zero-order valence-electron chi connectivity index (χ0n) is 11.2. The van der Waals surface area contributed by atoms with Crippen molar-refractivity contribution >= 4 is 23.4 Å². The van der Waals surface area contributed by atoms with Gasteiger partial charge in [-0.1, -0.05) is 23.7 Å². The van der Waals surface area contributed by atoms with E-state index in [1.165, 1.54) is 0 Å². The number of aromatic nitrogens is 2. The summed E-state index contributed by atoms with van der Waals surface area (Å²) < 4.78 is 5.18. The van der Waals surface area contributed by atoms with Crippen molar-refractivity contribution in [1.29, 1.82) is 0 Å². The molecule has 21 heavy (non-hydrogen) atoms.